The lowest BCUT2D eigenvalue weighted by molar-refractivity contribution is 1.13. The summed E-state index contributed by atoms with van der Waals surface area (Å²) in [6.45, 7) is 17.9. The molecule has 0 radical (unpaired) electrons. The van der Waals surface area contributed by atoms with E-state index in [2.05, 4.69) is 192 Å². The standard InChI is InChI=1S/C52H46N4.H3P/c1-30-13-9-17-43(34(30)5)49-46-26-25-41(55-46)28-40-22-21-38(53-40)27-39-23-24-42(54-39)29-48-50(44-18-10-14-31(2)35(44)6)51(45-19-11-15-32(3)36(45)7)52(49)56(48)47-20-12-16-33(4)37(47)8;/h9-29,53H,1-8H3;1H3. The molecule has 2 aliphatic heterocycles. The SMILES string of the molecule is Cc1cccc(-c2c(-c3cccc(C)c3C)c3c(-c4cccc(C)c4C)c4nc(cc5ccc(cc6nc(cc2n3-c2cccc(C)c2C)C=C6)[nH]5)C=C4)c1C.P. The first kappa shape index (κ1) is 37.8. The number of fused-ring (bicyclic) bond motifs is 8. The molecule has 0 aliphatic carbocycles. The van der Waals surface area contributed by atoms with Gasteiger partial charge in [-0.05, 0) is 177 Å². The van der Waals surface area contributed by atoms with E-state index in [1.165, 1.54) is 66.8 Å². The molecule has 0 amide bonds. The molecule has 1 atom stereocenters. The highest BCUT2D eigenvalue weighted by molar-refractivity contribution is 6.92. The van der Waals surface area contributed by atoms with Crippen LogP contribution in [0.5, 0.6) is 0 Å². The monoisotopic (exact) mass is 760 g/mol. The average Bonchev–Trinajstić information content (AvgIpc) is 3.99. The Morgan fingerprint density at radius 2 is 0.895 bits per heavy atom. The van der Waals surface area contributed by atoms with Gasteiger partial charge in [-0.3, -0.25) is 0 Å². The lowest BCUT2D eigenvalue weighted by Gasteiger charge is -2.18. The molecule has 8 bridgehead atoms. The molecule has 7 aromatic rings. The highest BCUT2D eigenvalue weighted by Gasteiger charge is 2.28. The maximum absolute atomic E-state index is 5.47. The summed E-state index contributed by atoms with van der Waals surface area (Å²) in [6.07, 6.45) is 8.61. The Kier molecular flexibility index (Phi) is 9.80. The van der Waals surface area contributed by atoms with E-state index >= 15 is 0 Å². The highest BCUT2D eigenvalue weighted by Crippen LogP contribution is 2.50. The van der Waals surface area contributed by atoms with E-state index in [-0.39, 0.29) is 9.90 Å². The van der Waals surface area contributed by atoms with Crippen molar-refractivity contribution in [2.24, 2.45) is 0 Å². The van der Waals surface area contributed by atoms with Gasteiger partial charge in [0.15, 0.2) is 0 Å². The molecule has 0 spiro atoms. The van der Waals surface area contributed by atoms with Gasteiger partial charge in [-0.1, -0.05) is 66.7 Å². The van der Waals surface area contributed by atoms with E-state index in [0.29, 0.717) is 0 Å². The summed E-state index contributed by atoms with van der Waals surface area (Å²) in [5.41, 5.74) is 25.9. The molecule has 4 nitrogen and oxygen atoms in total. The van der Waals surface area contributed by atoms with Crippen LogP contribution in [0, 0.1) is 55.4 Å². The summed E-state index contributed by atoms with van der Waals surface area (Å²) in [6, 6.07) is 37.6. The number of rotatable bonds is 4. The first-order valence-corrected chi connectivity index (χ1v) is 19.5. The van der Waals surface area contributed by atoms with Crippen molar-refractivity contribution in [1.29, 1.82) is 0 Å². The van der Waals surface area contributed by atoms with Crippen LogP contribution in [0.3, 0.4) is 0 Å². The number of hydrogen-bond acceptors (Lipinski definition) is 2. The summed E-state index contributed by atoms with van der Waals surface area (Å²) in [5, 5.41) is 0. The Bertz CT molecular complexity index is 3010. The number of aromatic amines is 1. The van der Waals surface area contributed by atoms with Gasteiger partial charge in [0, 0.05) is 33.4 Å². The van der Waals surface area contributed by atoms with Crippen LogP contribution in [-0.2, 0) is 0 Å². The van der Waals surface area contributed by atoms with Crippen molar-refractivity contribution in [3.8, 4) is 39.1 Å². The predicted octanol–water partition coefficient (Wildman–Crippen LogP) is 13.6. The number of hydrogen-bond donors (Lipinski definition) is 1. The minimum absolute atomic E-state index is 0. The minimum atomic E-state index is 0. The van der Waals surface area contributed by atoms with Crippen LogP contribution in [0.25, 0.3) is 85.4 Å². The zero-order chi connectivity index (χ0) is 38.8. The number of nitrogens with one attached hydrogen (secondary N) is 1. The molecule has 2 aliphatic rings. The second-order valence-corrected chi connectivity index (χ2v) is 15.5. The Balaban J connectivity index is 0.00000455. The Hall–Kier alpha value is -6.09. The Morgan fingerprint density at radius 1 is 0.439 bits per heavy atom. The molecule has 0 saturated heterocycles. The van der Waals surface area contributed by atoms with Gasteiger partial charge >= 0.3 is 0 Å². The van der Waals surface area contributed by atoms with Crippen molar-refractivity contribution in [2.45, 2.75) is 55.4 Å². The number of aryl methyl sites for hydroxylation is 4. The summed E-state index contributed by atoms with van der Waals surface area (Å²) >= 11 is 0. The van der Waals surface area contributed by atoms with Crippen LogP contribution in [-0.4, -0.2) is 19.5 Å². The van der Waals surface area contributed by atoms with E-state index in [4.69, 9.17) is 9.97 Å². The van der Waals surface area contributed by atoms with Crippen molar-refractivity contribution < 1.29 is 0 Å². The summed E-state index contributed by atoms with van der Waals surface area (Å²) in [5.74, 6) is 0. The van der Waals surface area contributed by atoms with E-state index in [1.807, 2.05) is 0 Å². The lowest BCUT2D eigenvalue weighted by Crippen LogP contribution is -2.02. The molecule has 4 aromatic carbocycles. The van der Waals surface area contributed by atoms with E-state index < -0.39 is 0 Å². The van der Waals surface area contributed by atoms with E-state index in [0.717, 1.165) is 61.7 Å². The highest BCUT2D eigenvalue weighted by atomic mass is 31.0. The molecule has 282 valence electrons. The first-order valence-electron chi connectivity index (χ1n) is 19.5. The molecule has 9 rings (SSSR count). The maximum atomic E-state index is 5.47. The summed E-state index contributed by atoms with van der Waals surface area (Å²) < 4.78 is 2.53. The first-order chi connectivity index (χ1) is 27.1. The molecule has 57 heavy (non-hydrogen) atoms. The molecule has 0 saturated carbocycles. The number of H-pyrrole nitrogens is 1. The van der Waals surface area contributed by atoms with Crippen molar-refractivity contribution in [2.75, 3.05) is 0 Å². The fraction of sp³-hybridized carbons (Fsp3) is 0.154. The Labute approximate surface area is 339 Å². The predicted molar refractivity (Wildman–Crippen MR) is 249 cm³/mol. The van der Waals surface area contributed by atoms with Gasteiger partial charge in [-0.15, -0.1) is 0 Å². The zero-order valence-electron chi connectivity index (χ0n) is 34.2. The van der Waals surface area contributed by atoms with Crippen LogP contribution < -0.4 is 0 Å². The van der Waals surface area contributed by atoms with Gasteiger partial charge in [-0.25, -0.2) is 9.97 Å². The smallest absolute Gasteiger partial charge is 0.0737 e. The number of aromatic nitrogens is 4. The third-order valence-electron chi connectivity index (χ3n) is 12.1. The van der Waals surface area contributed by atoms with Crippen LogP contribution in [0.15, 0.2) is 103 Å². The molecule has 1 N–H and O–H groups in total. The van der Waals surface area contributed by atoms with Crippen LogP contribution >= 0.6 is 9.90 Å². The van der Waals surface area contributed by atoms with Gasteiger partial charge in [0.2, 0.25) is 0 Å². The van der Waals surface area contributed by atoms with Gasteiger partial charge in [0.1, 0.15) is 0 Å². The zero-order valence-corrected chi connectivity index (χ0v) is 35.6. The molecular weight excluding hydrogens is 712 g/mol. The van der Waals surface area contributed by atoms with Crippen LogP contribution in [0.2, 0.25) is 0 Å². The van der Waals surface area contributed by atoms with Gasteiger partial charge in [0.05, 0.1) is 33.8 Å². The van der Waals surface area contributed by atoms with Crippen LogP contribution in [0.1, 0.15) is 67.3 Å². The fourth-order valence-electron chi connectivity index (χ4n) is 8.39. The maximum Gasteiger partial charge on any atom is 0.0737 e. The topological polar surface area (TPSA) is 46.5 Å². The van der Waals surface area contributed by atoms with Crippen LogP contribution in [0.4, 0.5) is 0 Å². The number of benzene rings is 4. The van der Waals surface area contributed by atoms with E-state index in [1.54, 1.807) is 0 Å². The molecule has 5 heteroatoms. The molecule has 0 fully saturated rings. The van der Waals surface area contributed by atoms with Crippen molar-refractivity contribution >= 4 is 56.3 Å². The largest absolute Gasteiger partial charge is 0.355 e. The molecule has 3 aromatic heterocycles. The van der Waals surface area contributed by atoms with Gasteiger partial charge in [0.25, 0.3) is 0 Å². The molecule has 1 unspecified atom stereocenters. The second-order valence-electron chi connectivity index (χ2n) is 15.5. The molecule has 5 heterocycles. The minimum Gasteiger partial charge on any atom is -0.355 e. The third-order valence-corrected chi connectivity index (χ3v) is 12.1. The van der Waals surface area contributed by atoms with E-state index in [9.17, 15) is 0 Å². The fourth-order valence-corrected chi connectivity index (χ4v) is 8.39. The molecular formula is C52H49N4P. The normalized spacial score (nSPS) is 11.9. The number of nitrogens with zero attached hydrogens (tertiary/aromatic N) is 3. The van der Waals surface area contributed by atoms with Crippen molar-refractivity contribution in [3.05, 3.63) is 170 Å². The summed E-state index contributed by atoms with van der Waals surface area (Å²) in [4.78, 5) is 14.3. The average molecular weight is 761 g/mol. The second kappa shape index (κ2) is 14.8. The third kappa shape index (κ3) is 6.49. The van der Waals surface area contributed by atoms with Gasteiger partial charge in [-0.2, -0.15) is 9.90 Å². The summed E-state index contributed by atoms with van der Waals surface area (Å²) in [7, 11) is 0. The van der Waals surface area contributed by atoms with Crippen molar-refractivity contribution in [1.82, 2.24) is 19.5 Å². The van der Waals surface area contributed by atoms with Crippen molar-refractivity contribution in [3.63, 3.8) is 0 Å². The lowest BCUT2D eigenvalue weighted by atomic mass is 9.87. The quantitative estimate of drug-likeness (QED) is 0.182. The van der Waals surface area contributed by atoms with Gasteiger partial charge < -0.3 is 9.55 Å². The Morgan fingerprint density at radius 3 is 1.47 bits per heavy atom.